The molecule has 0 radical (unpaired) electrons. The van der Waals surface area contributed by atoms with Gasteiger partial charge in [0.2, 0.25) is 0 Å². The molecule has 0 saturated carbocycles. The SMILES string of the molecule is COc1cc(C)c(CCC(C)(C)O)cc1OC. The molecule has 1 rings (SSSR count). The monoisotopic (exact) mass is 238 g/mol. The number of methoxy groups -OCH3 is 2. The Bertz CT molecular complexity index is 378. The molecule has 0 aliphatic heterocycles. The van der Waals surface area contributed by atoms with Crippen molar-refractivity contribution in [3.05, 3.63) is 23.3 Å². The van der Waals surface area contributed by atoms with Gasteiger partial charge in [0, 0.05) is 0 Å². The Hall–Kier alpha value is -1.22. The van der Waals surface area contributed by atoms with Gasteiger partial charge in [-0.3, -0.25) is 0 Å². The largest absolute Gasteiger partial charge is 0.493 e. The van der Waals surface area contributed by atoms with Gasteiger partial charge in [0.25, 0.3) is 0 Å². The first kappa shape index (κ1) is 13.8. The van der Waals surface area contributed by atoms with Crippen LogP contribution in [0.2, 0.25) is 0 Å². The van der Waals surface area contributed by atoms with Gasteiger partial charge in [-0.25, -0.2) is 0 Å². The van der Waals surface area contributed by atoms with Gasteiger partial charge in [-0.15, -0.1) is 0 Å². The van der Waals surface area contributed by atoms with Crippen LogP contribution in [0.3, 0.4) is 0 Å². The summed E-state index contributed by atoms with van der Waals surface area (Å²) in [4.78, 5) is 0. The van der Waals surface area contributed by atoms with E-state index in [0.717, 1.165) is 29.9 Å². The third kappa shape index (κ3) is 3.93. The molecule has 3 heteroatoms. The molecule has 0 aromatic heterocycles. The fraction of sp³-hybridized carbons (Fsp3) is 0.571. The Morgan fingerprint density at radius 3 is 2.12 bits per heavy atom. The van der Waals surface area contributed by atoms with Gasteiger partial charge in [0.05, 0.1) is 19.8 Å². The van der Waals surface area contributed by atoms with Crippen molar-refractivity contribution < 1.29 is 14.6 Å². The van der Waals surface area contributed by atoms with E-state index >= 15 is 0 Å². The summed E-state index contributed by atoms with van der Waals surface area (Å²) in [7, 11) is 3.26. The van der Waals surface area contributed by atoms with Crippen LogP contribution in [-0.2, 0) is 6.42 Å². The van der Waals surface area contributed by atoms with Crippen molar-refractivity contribution in [2.24, 2.45) is 0 Å². The van der Waals surface area contributed by atoms with Crippen LogP contribution in [-0.4, -0.2) is 24.9 Å². The summed E-state index contributed by atoms with van der Waals surface area (Å²) in [5, 5.41) is 9.74. The van der Waals surface area contributed by atoms with Gasteiger partial charge in [-0.2, -0.15) is 0 Å². The molecule has 0 spiro atoms. The molecule has 0 heterocycles. The second kappa shape index (κ2) is 5.41. The Morgan fingerprint density at radius 1 is 1.12 bits per heavy atom. The molecule has 0 atom stereocenters. The Morgan fingerprint density at radius 2 is 1.65 bits per heavy atom. The lowest BCUT2D eigenvalue weighted by molar-refractivity contribution is 0.0713. The van der Waals surface area contributed by atoms with Gasteiger partial charge in [-0.05, 0) is 56.9 Å². The van der Waals surface area contributed by atoms with E-state index in [-0.39, 0.29) is 0 Å². The van der Waals surface area contributed by atoms with E-state index in [9.17, 15) is 5.11 Å². The Labute approximate surface area is 103 Å². The summed E-state index contributed by atoms with van der Waals surface area (Å²) in [6.45, 7) is 5.69. The average Bonchev–Trinajstić information content (AvgIpc) is 2.25. The summed E-state index contributed by atoms with van der Waals surface area (Å²) >= 11 is 0. The standard InChI is InChI=1S/C14H22O3/c1-10-8-12(16-4)13(17-5)9-11(10)6-7-14(2,3)15/h8-9,15H,6-7H2,1-5H3. The predicted molar refractivity (Wildman–Crippen MR) is 68.9 cm³/mol. The van der Waals surface area contributed by atoms with Crippen molar-refractivity contribution in [1.29, 1.82) is 0 Å². The van der Waals surface area contributed by atoms with Crippen LogP contribution in [0.1, 0.15) is 31.4 Å². The number of aryl methyl sites for hydroxylation is 2. The normalized spacial score (nSPS) is 11.4. The first-order chi connectivity index (χ1) is 7.87. The maximum absolute atomic E-state index is 9.74. The molecule has 0 aliphatic carbocycles. The molecule has 1 N–H and O–H groups in total. The van der Waals surface area contributed by atoms with Crippen molar-refractivity contribution in [2.45, 2.75) is 39.2 Å². The summed E-state index contributed by atoms with van der Waals surface area (Å²) in [6.07, 6.45) is 1.55. The van der Waals surface area contributed by atoms with Crippen molar-refractivity contribution in [1.82, 2.24) is 0 Å². The molecule has 96 valence electrons. The van der Waals surface area contributed by atoms with E-state index in [4.69, 9.17) is 9.47 Å². The zero-order valence-corrected chi connectivity index (χ0v) is 11.3. The fourth-order valence-corrected chi connectivity index (χ4v) is 1.73. The lowest BCUT2D eigenvalue weighted by Gasteiger charge is -2.18. The average molecular weight is 238 g/mol. The smallest absolute Gasteiger partial charge is 0.161 e. The third-order valence-corrected chi connectivity index (χ3v) is 2.85. The predicted octanol–water partition coefficient (Wildman–Crippen LogP) is 2.72. The van der Waals surface area contributed by atoms with Crippen molar-refractivity contribution in [3.63, 3.8) is 0 Å². The van der Waals surface area contributed by atoms with Crippen LogP contribution in [0.4, 0.5) is 0 Å². The second-order valence-electron chi connectivity index (χ2n) is 4.95. The number of benzene rings is 1. The summed E-state index contributed by atoms with van der Waals surface area (Å²) < 4.78 is 10.5. The molecule has 17 heavy (non-hydrogen) atoms. The van der Waals surface area contributed by atoms with Gasteiger partial charge < -0.3 is 14.6 Å². The Kier molecular flexibility index (Phi) is 4.40. The minimum absolute atomic E-state index is 0.639. The van der Waals surface area contributed by atoms with E-state index < -0.39 is 5.60 Å². The third-order valence-electron chi connectivity index (χ3n) is 2.85. The number of aliphatic hydroxyl groups is 1. The summed E-state index contributed by atoms with van der Waals surface area (Å²) in [6, 6.07) is 3.96. The van der Waals surface area contributed by atoms with Crippen LogP contribution in [0.25, 0.3) is 0 Å². The molecule has 1 aromatic carbocycles. The molecule has 0 amide bonds. The van der Waals surface area contributed by atoms with Crippen LogP contribution < -0.4 is 9.47 Å². The highest BCUT2D eigenvalue weighted by Crippen LogP contribution is 2.31. The maximum Gasteiger partial charge on any atom is 0.161 e. The van der Waals surface area contributed by atoms with Gasteiger partial charge >= 0.3 is 0 Å². The zero-order valence-electron chi connectivity index (χ0n) is 11.3. The fourth-order valence-electron chi connectivity index (χ4n) is 1.73. The van der Waals surface area contributed by atoms with Gasteiger partial charge in [-0.1, -0.05) is 0 Å². The number of rotatable bonds is 5. The number of hydrogen-bond acceptors (Lipinski definition) is 3. The van der Waals surface area contributed by atoms with Gasteiger partial charge in [0.1, 0.15) is 0 Å². The van der Waals surface area contributed by atoms with Crippen molar-refractivity contribution >= 4 is 0 Å². The highest BCUT2D eigenvalue weighted by atomic mass is 16.5. The van der Waals surface area contributed by atoms with Gasteiger partial charge in [0.15, 0.2) is 11.5 Å². The Balaban J connectivity index is 2.93. The summed E-state index contributed by atoms with van der Waals surface area (Å²) in [5.74, 6) is 1.49. The highest BCUT2D eigenvalue weighted by molar-refractivity contribution is 5.47. The van der Waals surface area contributed by atoms with E-state index in [1.807, 2.05) is 32.9 Å². The molecule has 3 nitrogen and oxygen atoms in total. The number of hydrogen-bond donors (Lipinski definition) is 1. The second-order valence-corrected chi connectivity index (χ2v) is 4.95. The van der Waals surface area contributed by atoms with Crippen LogP contribution in [0.5, 0.6) is 11.5 Å². The van der Waals surface area contributed by atoms with Crippen LogP contribution in [0.15, 0.2) is 12.1 Å². The quantitative estimate of drug-likeness (QED) is 0.857. The molecular weight excluding hydrogens is 216 g/mol. The molecule has 0 unspecified atom stereocenters. The molecule has 1 aromatic rings. The van der Waals surface area contributed by atoms with E-state index in [0.29, 0.717) is 0 Å². The maximum atomic E-state index is 9.74. The van der Waals surface area contributed by atoms with E-state index in [1.54, 1.807) is 14.2 Å². The molecule has 0 aliphatic rings. The molecule has 0 saturated heterocycles. The minimum atomic E-state index is -0.639. The lowest BCUT2D eigenvalue weighted by atomic mass is 9.96. The first-order valence-corrected chi connectivity index (χ1v) is 5.81. The van der Waals surface area contributed by atoms with Crippen molar-refractivity contribution in [3.8, 4) is 11.5 Å². The van der Waals surface area contributed by atoms with E-state index in [2.05, 4.69) is 0 Å². The molecule has 0 fully saturated rings. The van der Waals surface area contributed by atoms with Crippen LogP contribution >= 0.6 is 0 Å². The topological polar surface area (TPSA) is 38.7 Å². The van der Waals surface area contributed by atoms with E-state index in [1.165, 1.54) is 5.56 Å². The molecule has 0 bridgehead atoms. The minimum Gasteiger partial charge on any atom is -0.493 e. The highest BCUT2D eigenvalue weighted by Gasteiger charge is 2.14. The number of ether oxygens (including phenoxy) is 2. The zero-order chi connectivity index (χ0) is 13.1. The summed E-state index contributed by atoms with van der Waals surface area (Å²) in [5.41, 5.74) is 1.70. The first-order valence-electron chi connectivity index (χ1n) is 5.81. The molecular formula is C14H22O3. The van der Waals surface area contributed by atoms with Crippen molar-refractivity contribution in [2.75, 3.05) is 14.2 Å². The van der Waals surface area contributed by atoms with Crippen LogP contribution in [0, 0.1) is 6.92 Å². The lowest BCUT2D eigenvalue weighted by Crippen LogP contribution is -2.19.